The third-order valence-corrected chi connectivity index (χ3v) is 3.24. The van der Waals surface area contributed by atoms with Crippen molar-refractivity contribution in [2.24, 2.45) is 0 Å². The predicted octanol–water partition coefficient (Wildman–Crippen LogP) is 1.97. The maximum atomic E-state index is 5.33. The summed E-state index contributed by atoms with van der Waals surface area (Å²) >= 11 is 0. The minimum absolute atomic E-state index is 0.393. The van der Waals surface area contributed by atoms with Crippen molar-refractivity contribution in [2.45, 2.75) is 27.2 Å². The Morgan fingerprint density at radius 3 is 2.65 bits per heavy atom. The largest absolute Gasteiger partial charge is 0.481 e. The Hall–Kier alpha value is -2.44. The van der Waals surface area contributed by atoms with Crippen LogP contribution < -0.4 is 4.74 Å². The van der Waals surface area contributed by atoms with Crippen LogP contribution in [-0.2, 0) is 6.42 Å². The second-order valence-corrected chi connectivity index (χ2v) is 4.48. The van der Waals surface area contributed by atoms with Gasteiger partial charge in [0.1, 0.15) is 5.69 Å². The number of hydrogen-bond donors (Lipinski definition) is 0. The lowest BCUT2D eigenvalue weighted by Crippen LogP contribution is -2.03. The van der Waals surface area contributed by atoms with Gasteiger partial charge in [0, 0.05) is 17.5 Å². The lowest BCUT2D eigenvalue weighted by atomic mass is 10.2. The van der Waals surface area contributed by atoms with Crippen LogP contribution in [0.3, 0.4) is 0 Å². The van der Waals surface area contributed by atoms with Gasteiger partial charge >= 0.3 is 0 Å². The highest BCUT2D eigenvalue weighted by molar-refractivity contribution is 5.53. The summed E-state index contributed by atoms with van der Waals surface area (Å²) in [5, 5.41) is 3.77. The van der Waals surface area contributed by atoms with Crippen molar-refractivity contribution >= 4 is 5.78 Å². The van der Waals surface area contributed by atoms with Gasteiger partial charge in [-0.15, -0.1) is 0 Å². The van der Waals surface area contributed by atoms with E-state index < -0.39 is 0 Å². The number of fused-ring (bicyclic) bond motifs is 1. The predicted molar refractivity (Wildman–Crippen MR) is 71.7 cm³/mol. The smallest absolute Gasteiger partial charge is 0.278 e. The number of imidazole rings is 1. The van der Waals surface area contributed by atoms with Crippen LogP contribution in [-0.4, -0.2) is 31.6 Å². The van der Waals surface area contributed by atoms with Crippen molar-refractivity contribution in [3.05, 3.63) is 23.3 Å². The van der Waals surface area contributed by atoms with E-state index in [9.17, 15) is 0 Å². The van der Waals surface area contributed by atoms with Gasteiger partial charge in [0.25, 0.3) is 5.89 Å². The molecule has 3 heterocycles. The molecule has 20 heavy (non-hydrogen) atoms. The summed E-state index contributed by atoms with van der Waals surface area (Å²) in [4.78, 5) is 13.0. The summed E-state index contributed by atoms with van der Waals surface area (Å²) in [6, 6.07) is 0. The lowest BCUT2D eigenvalue weighted by Gasteiger charge is -2.10. The van der Waals surface area contributed by atoms with Gasteiger partial charge in [-0.3, -0.25) is 4.40 Å². The molecule has 0 aliphatic rings. The van der Waals surface area contributed by atoms with Gasteiger partial charge in [-0.2, -0.15) is 9.97 Å². The van der Waals surface area contributed by atoms with E-state index in [1.807, 2.05) is 17.5 Å². The molecule has 0 saturated carbocycles. The lowest BCUT2D eigenvalue weighted by molar-refractivity contribution is 0.392. The number of methoxy groups -OCH3 is 1. The van der Waals surface area contributed by atoms with Gasteiger partial charge in [-0.05, 0) is 20.3 Å². The molecular formula is C13H15N5O2. The van der Waals surface area contributed by atoms with Crippen LogP contribution in [0.4, 0.5) is 0 Å². The van der Waals surface area contributed by atoms with Crippen molar-refractivity contribution in [1.82, 2.24) is 24.5 Å². The summed E-state index contributed by atoms with van der Waals surface area (Å²) in [7, 11) is 1.61. The van der Waals surface area contributed by atoms with E-state index in [1.54, 1.807) is 14.0 Å². The van der Waals surface area contributed by atoms with Crippen molar-refractivity contribution in [3.8, 4) is 17.5 Å². The Morgan fingerprint density at radius 1 is 1.25 bits per heavy atom. The normalized spacial score (nSPS) is 11.2. The maximum absolute atomic E-state index is 5.33. The third kappa shape index (κ3) is 1.82. The Labute approximate surface area is 115 Å². The van der Waals surface area contributed by atoms with Gasteiger partial charge < -0.3 is 9.26 Å². The number of aromatic nitrogens is 5. The van der Waals surface area contributed by atoms with Gasteiger partial charge in [0.15, 0.2) is 5.82 Å². The molecule has 0 aliphatic carbocycles. The number of nitrogens with zero attached hydrogens (tertiary/aromatic N) is 5. The van der Waals surface area contributed by atoms with E-state index >= 15 is 0 Å². The monoisotopic (exact) mass is 273 g/mol. The molecule has 0 unspecified atom stereocenters. The summed E-state index contributed by atoms with van der Waals surface area (Å²) < 4.78 is 12.4. The van der Waals surface area contributed by atoms with Crippen LogP contribution in [0.2, 0.25) is 0 Å². The fourth-order valence-corrected chi connectivity index (χ4v) is 2.23. The molecule has 0 aliphatic heterocycles. The first-order valence-electron chi connectivity index (χ1n) is 6.37. The summed E-state index contributed by atoms with van der Waals surface area (Å²) in [5.74, 6) is 2.14. The second-order valence-electron chi connectivity index (χ2n) is 4.48. The molecule has 0 radical (unpaired) electrons. The highest BCUT2D eigenvalue weighted by atomic mass is 16.5. The van der Waals surface area contributed by atoms with Crippen LogP contribution in [0.5, 0.6) is 5.88 Å². The van der Waals surface area contributed by atoms with Gasteiger partial charge in [0.2, 0.25) is 11.7 Å². The molecule has 0 spiro atoms. The zero-order chi connectivity index (χ0) is 14.3. The van der Waals surface area contributed by atoms with Crippen molar-refractivity contribution in [1.29, 1.82) is 0 Å². The van der Waals surface area contributed by atoms with E-state index in [1.165, 1.54) is 0 Å². The van der Waals surface area contributed by atoms with Crippen molar-refractivity contribution < 1.29 is 9.26 Å². The van der Waals surface area contributed by atoms with Crippen LogP contribution in [0.15, 0.2) is 10.7 Å². The first-order valence-corrected chi connectivity index (χ1v) is 6.37. The van der Waals surface area contributed by atoms with Crippen molar-refractivity contribution in [3.63, 3.8) is 0 Å². The second kappa shape index (κ2) is 4.59. The van der Waals surface area contributed by atoms with Crippen LogP contribution in [0.25, 0.3) is 17.4 Å². The average Bonchev–Trinajstić information content (AvgIpc) is 3.04. The molecule has 0 fully saturated rings. The Morgan fingerprint density at radius 2 is 2.05 bits per heavy atom. The highest BCUT2D eigenvalue weighted by Crippen LogP contribution is 2.24. The SMILES string of the molecule is CCc1c(OC)nc2nc(-c3nc(C)no3)cn2c1C. The molecule has 0 amide bonds. The minimum atomic E-state index is 0.393. The summed E-state index contributed by atoms with van der Waals surface area (Å²) in [5.41, 5.74) is 2.71. The molecule has 0 atom stereocenters. The van der Waals surface area contributed by atoms with Crippen LogP contribution in [0, 0.1) is 13.8 Å². The van der Waals surface area contributed by atoms with Gasteiger partial charge in [-0.1, -0.05) is 12.1 Å². The van der Waals surface area contributed by atoms with Gasteiger partial charge in [0.05, 0.1) is 7.11 Å². The number of rotatable bonds is 3. The molecule has 7 heteroatoms. The number of ether oxygens (including phenoxy) is 1. The molecule has 104 valence electrons. The Balaban J connectivity index is 2.23. The molecule has 3 aromatic rings. The van der Waals surface area contributed by atoms with Crippen LogP contribution >= 0.6 is 0 Å². The number of aryl methyl sites for hydroxylation is 2. The third-order valence-electron chi connectivity index (χ3n) is 3.24. The first-order chi connectivity index (χ1) is 9.63. The molecule has 3 aromatic heterocycles. The summed E-state index contributed by atoms with van der Waals surface area (Å²) in [6.45, 7) is 5.85. The molecule has 0 aromatic carbocycles. The summed E-state index contributed by atoms with van der Waals surface area (Å²) in [6.07, 6.45) is 2.69. The zero-order valence-electron chi connectivity index (χ0n) is 11.8. The topological polar surface area (TPSA) is 78.3 Å². The Kier molecular flexibility index (Phi) is 2.89. The van der Waals surface area contributed by atoms with Crippen molar-refractivity contribution in [2.75, 3.05) is 7.11 Å². The highest BCUT2D eigenvalue weighted by Gasteiger charge is 2.16. The number of hydrogen-bond acceptors (Lipinski definition) is 6. The zero-order valence-corrected chi connectivity index (χ0v) is 11.8. The minimum Gasteiger partial charge on any atom is -0.481 e. The average molecular weight is 273 g/mol. The first kappa shape index (κ1) is 12.6. The molecule has 0 bridgehead atoms. The maximum Gasteiger partial charge on any atom is 0.278 e. The van der Waals surface area contributed by atoms with Gasteiger partial charge in [-0.25, -0.2) is 4.98 Å². The molecule has 3 rings (SSSR count). The van der Waals surface area contributed by atoms with E-state index in [4.69, 9.17) is 9.26 Å². The fraction of sp³-hybridized carbons (Fsp3) is 0.385. The standard InChI is InChI=1S/C13H15N5O2/c1-5-9-7(2)18-6-10(12-14-8(3)17-20-12)15-13(18)16-11(9)19-4/h6H,5H2,1-4H3. The molecule has 0 saturated heterocycles. The molecule has 0 N–H and O–H groups in total. The molecular weight excluding hydrogens is 258 g/mol. The van der Waals surface area contributed by atoms with E-state index in [0.717, 1.165) is 17.7 Å². The fourth-order valence-electron chi connectivity index (χ4n) is 2.23. The van der Waals surface area contributed by atoms with E-state index in [0.29, 0.717) is 29.1 Å². The quantitative estimate of drug-likeness (QED) is 0.726. The van der Waals surface area contributed by atoms with Crippen LogP contribution in [0.1, 0.15) is 24.0 Å². The Bertz CT molecular complexity index is 775. The van der Waals surface area contributed by atoms with E-state index in [2.05, 4.69) is 27.0 Å². The molecule has 7 nitrogen and oxygen atoms in total. The van der Waals surface area contributed by atoms with E-state index in [-0.39, 0.29) is 0 Å².